The Balaban J connectivity index is 3.27. The van der Waals surface area contributed by atoms with Gasteiger partial charge in [0.05, 0.1) is 10.7 Å². The quantitative estimate of drug-likeness (QED) is 0.454. The highest BCUT2D eigenvalue weighted by molar-refractivity contribution is 6.83. The van der Waals surface area contributed by atoms with Crippen LogP contribution in [0, 0.1) is 0 Å². The van der Waals surface area contributed by atoms with Gasteiger partial charge >= 0.3 is 0 Å². The van der Waals surface area contributed by atoms with E-state index in [0.29, 0.717) is 12.1 Å². The Hall–Kier alpha value is -0.870. The molecule has 0 aliphatic rings. The molecule has 0 aliphatic heterocycles. The lowest BCUT2D eigenvalue weighted by Gasteiger charge is -1.95. The highest BCUT2D eigenvalue weighted by Gasteiger charge is 2.23. The van der Waals surface area contributed by atoms with Crippen molar-refractivity contribution in [3.63, 3.8) is 0 Å². The van der Waals surface area contributed by atoms with E-state index in [0.717, 1.165) is 0 Å². The summed E-state index contributed by atoms with van der Waals surface area (Å²) in [6.07, 6.45) is 0.594. The number of carbonyl (C=O) groups excluding carboxylic acids is 2. The molecule has 0 N–H and O–H groups in total. The summed E-state index contributed by atoms with van der Waals surface area (Å²) in [4.78, 5) is 22.0. The fourth-order valence-corrected chi connectivity index (χ4v) is 1.59. The van der Waals surface area contributed by atoms with Gasteiger partial charge in [-0.2, -0.15) is 5.10 Å². The standard InChI is InChI=1S/C8H8Cl2N2O2/c1-3-4-5(9)6(12(2)11-4)7(13)8(10)14/h3H2,1-2H3. The van der Waals surface area contributed by atoms with Gasteiger partial charge in [0, 0.05) is 7.05 Å². The summed E-state index contributed by atoms with van der Waals surface area (Å²) in [5, 5.41) is 3.13. The number of carbonyl (C=O) groups is 2. The molecule has 0 atom stereocenters. The molecular weight excluding hydrogens is 227 g/mol. The van der Waals surface area contributed by atoms with E-state index in [1.807, 2.05) is 6.92 Å². The van der Waals surface area contributed by atoms with Crippen molar-refractivity contribution < 1.29 is 9.59 Å². The van der Waals surface area contributed by atoms with Crippen LogP contribution in [0.2, 0.25) is 5.02 Å². The van der Waals surface area contributed by atoms with Crippen molar-refractivity contribution in [1.82, 2.24) is 9.78 Å². The number of aryl methyl sites for hydroxylation is 2. The molecule has 14 heavy (non-hydrogen) atoms. The van der Waals surface area contributed by atoms with Crippen molar-refractivity contribution in [1.29, 1.82) is 0 Å². The van der Waals surface area contributed by atoms with E-state index in [1.54, 1.807) is 0 Å². The summed E-state index contributed by atoms with van der Waals surface area (Å²) in [7, 11) is 1.54. The van der Waals surface area contributed by atoms with Crippen molar-refractivity contribution in [3.05, 3.63) is 16.4 Å². The first-order valence-corrected chi connectivity index (χ1v) is 4.70. The second-order valence-electron chi connectivity index (χ2n) is 2.69. The van der Waals surface area contributed by atoms with E-state index in [-0.39, 0.29) is 10.7 Å². The first-order chi connectivity index (χ1) is 6.49. The average molecular weight is 235 g/mol. The number of hydrogen-bond donors (Lipinski definition) is 0. The fraction of sp³-hybridized carbons (Fsp3) is 0.375. The molecule has 1 rings (SSSR count). The minimum Gasteiger partial charge on any atom is -0.282 e. The SMILES string of the molecule is CCc1nn(C)c(C(=O)C(=O)Cl)c1Cl. The molecule has 0 radical (unpaired) electrons. The van der Waals surface area contributed by atoms with Gasteiger partial charge < -0.3 is 0 Å². The maximum atomic E-state index is 11.3. The first kappa shape index (κ1) is 11.2. The molecule has 0 amide bonds. The lowest BCUT2D eigenvalue weighted by molar-refractivity contribution is -0.108. The summed E-state index contributed by atoms with van der Waals surface area (Å²) >= 11 is 10.9. The Labute approximate surface area is 90.8 Å². The van der Waals surface area contributed by atoms with E-state index in [9.17, 15) is 9.59 Å². The lowest BCUT2D eigenvalue weighted by Crippen LogP contribution is -2.13. The van der Waals surface area contributed by atoms with E-state index in [2.05, 4.69) is 5.10 Å². The molecule has 0 fully saturated rings. The molecule has 0 unspecified atom stereocenters. The van der Waals surface area contributed by atoms with Crippen LogP contribution in [0.5, 0.6) is 0 Å². The zero-order valence-corrected chi connectivity index (χ0v) is 9.19. The topological polar surface area (TPSA) is 52.0 Å². The predicted molar refractivity (Wildman–Crippen MR) is 52.8 cm³/mol. The van der Waals surface area contributed by atoms with Crippen LogP contribution >= 0.6 is 23.2 Å². The third kappa shape index (κ3) is 1.81. The molecule has 1 heterocycles. The number of nitrogens with zero attached hydrogens (tertiary/aromatic N) is 2. The molecule has 76 valence electrons. The molecular formula is C8H8Cl2N2O2. The summed E-state index contributed by atoms with van der Waals surface area (Å²) < 4.78 is 1.27. The highest BCUT2D eigenvalue weighted by atomic mass is 35.5. The van der Waals surface area contributed by atoms with Crippen molar-refractivity contribution in [2.24, 2.45) is 7.05 Å². The average Bonchev–Trinajstić information content (AvgIpc) is 2.40. The third-order valence-electron chi connectivity index (χ3n) is 1.78. The van der Waals surface area contributed by atoms with Gasteiger partial charge in [0.25, 0.3) is 11.0 Å². The Morgan fingerprint density at radius 3 is 2.43 bits per heavy atom. The predicted octanol–water partition coefficient (Wildman–Crippen LogP) is 1.58. The van der Waals surface area contributed by atoms with Crippen LogP contribution in [-0.2, 0) is 18.3 Å². The van der Waals surface area contributed by atoms with Gasteiger partial charge in [-0.1, -0.05) is 18.5 Å². The highest BCUT2D eigenvalue weighted by Crippen LogP contribution is 2.21. The molecule has 0 aromatic carbocycles. The molecule has 0 bridgehead atoms. The largest absolute Gasteiger partial charge is 0.294 e. The van der Waals surface area contributed by atoms with Crippen molar-refractivity contribution in [2.75, 3.05) is 0 Å². The van der Waals surface area contributed by atoms with E-state index < -0.39 is 11.0 Å². The van der Waals surface area contributed by atoms with Gasteiger partial charge in [-0.3, -0.25) is 14.3 Å². The van der Waals surface area contributed by atoms with Gasteiger partial charge in [0.2, 0.25) is 0 Å². The smallest absolute Gasteiger partial charge is 0.282 e. The maximum Gasteiger partial charge on any atom is 0.294 e. The Morgan fingerprint density at radius 2 is 2.07 bits per heavy atom. The normalized spacial score (nSPS) is 10.3. The van der Waals surface area contributed by atoms with E-state index in [4.69, 9.17) is 23.2 Å². The molecule has 4 nitrogen and oxygen atoms in total. The third-order valence-corrected chi connectivity index (χ3v) is 2.35. The fourth-order valence-electron chi connectivity index (χ4n) is 1.12. The zero-order valence-electron chi connectivity index (χ0n) is 7.67. The summed E-state index contributed by atoms with van der Waals surface area (Å²) in [5.74, 6) is -0.827. The molecule has 1 aromatic heterocycles. The summed E-state index contributed by atoms with van der Waals surface area (Å²) in [6.45, 7) is 1.85. The van der Waals surface area contributed by atoms with Crippen LogP contribution in [0.15, 0.2) is 0 Å². The summed E-state index contributed by atoms with van der Waals surface area (Å²) in [6, 6.07) is 0. The zero-order chi connectivity index (χ0) is 10.9. The second-order valence-corrected chi connectivity index (χ2v) is 3.41. The number of hydrogen-bond acceptors (Lipinski definition) is 3. The van der Waals surface area contributed by atoms with Crippen LogP contribution in [0.3, 0.4) is 0 Å². The van der Waals surface area contributed by atoms with Crippen molar-refractivity contribution >= 4 is 34.2 Å². The van der Waals surface area contributed by atoms with Gasteiger partial charge in [0.15, 0.2) is 0 Å². The summed E-state index contributed by atoms with van der Waals surface area (Å²) in [5.41, 5.74) is 0.624. The molecule has 0 saturated carbocycles. The Kier molecular flexibility index (Phi) is 3.29. The van der Waals surface area contributed by atoms with Crippen LogP contribution in [0.4, 0.5) is 0 Å². The number of aromatic nitrogens is 2. The molecule has 1 aromatic rings. The maximum absolute atomic E-state index is 11.3. The second kappa shape index (κ2) is 4.11. The number of halogens is 2. The lowest BCUT2D eigenvalue weighted by atomic mass is 10.2. The van der Waals surface area contributed by atoms with Gasteiger partial charge in [-0.25, -0.2) is 0 Å². The first-order valence-electron chi connectivity index (χ1n) is 3.94. The van der Waals surface area contributed by atoms with Crippen LogP contribution in [0.1, 0.15) is 23.1 Å². The molecule has 6 heteroatoms. The van der Waals surface area contributed by atoms with Gasteiger partial charge in [-0.15, -0.1) is 0 Å². The van der Waals surface area contributed by atoms with Crippen LogP contribution in [-0.4, -0.2) is 20.8 Å². The minimum atomic E-state index is -1.06. The van der Waals surface area contributed by atoms with Crippen molar-refractivity contribution in [2.45, 2.75) is 13.3 Å². The van der Waals surface area contributed by atoms with Gasteiger partial charge in [-0.05, 0) is 18.0 Å². The van der Waals surface area contributed by atoms with Crippen LogP contribution in [0.25, 0.3) is 0 Å². The number of Topliss-reactive ketones (excluding diaryl/α,β-unsaturated/α-hetero) is 1. The molecule has 0 saturated heterocycles. The monoisotopic (exact) mass is 234 g/mol. The Bertz CT molecular complexity index is 398. The van der Waals surface area contributed by atoms with E-state index >= 15 is 0 Å². The minimum absolute atomic E-state index is 0.0449. The Morgan fingerprint density at radius 1 is 1.50 bits per heavy atom. The van der Waals surface area contributed by atoms with Gasteiger partial charge in [0.1, 0.15) is 5.69 Å². The molecule has 0 aliphatic carbocycles. The van der Waals surface area contributed by atoms with Crippen molar-refractivity contribution in [3.8, 4) is 0 Å². The number of ketones is 1. The van der Waals surface area contributed by atoms with E-state index in [1.165, 1.54) is 11.7 Å². The molecule has 0 spiro atoms. The number of rotatable bonds is 3. The van der Waals surface area contributed by atoms with Crippen LogP contribution < -0.4 is 0 Å².